The molecule has 2 N–H and O–H groups in total. The van der Waals surface area contributed by atoms with Gasteiger partial charge in [-0.3, -0.25) is 0 Å². The summed E-state index contributed by atoms with van der Waals surface area (Å²) in [5, 5.41) is 12.0. The Morgan fingerprint density at radius 2 is 1.90 bits per heavy atom. The number of aromatic carboxylic acids is 1. The molecule has 1 heterocycles. The van der Waals surface area contributed by atoms with E-state index in [1.807, 2.05) is 6.07 Å². The van der Waals surface area contributed by atoms with E-state index in [-0.39, 0.29) is 11.6 Å². The number of carboxylic acid groups (broad SMARTS) is 1. The third-order valence-electron chi connectivity index (χ3n) is 4.48. The maximum Gasteiger partial charge on any atom is 0.335 e. The average molecular weight is 288 g/mol. The van der Waals surface area contributed by atoms with Crippen molar-refractivity contribution in [3.8, 4) is 0 Å². The zero-order valence-corrected chi connectivity index (χ0v) is 12.0. The van der Waals surface area contributed by atoms with E-state index in [4.69, 9.17) is 5.11 Å². The third kappa shape index (κ3) is 3.01. The van der Waals surface area contributed by atoms with Crippen molar-refractivity contribution < 1.29 is 14.7 Å². The van der Waals surface area contributed by atoms with Crippen molar-refractivity contribution in [1.82, 2.24) is 10.2 Å². The lowest BCUT2D eigenvalue weighted by atomic mass is 10.1. The lowest BCUT2D eigenvalue weighted by Crippen LogP contribution is -2.38. The largest absolute Gasteiger partial charge is 0.478 e. The predicted octanol–water partition coefficient (Wildman–Crippen LogP) is 2.60. The van der Waals surface area contributed by atoms with Gasteiger partial charge in [0, 0.05) is 19.6 Å². The first-order valence-electron chi connectivity index (χ1n) is 7.51. The molecule has 112 valence electrons. The van der Waals surface area contributed by atoms with E-state index in [1.165, 1.54) is 25.7 Å². The second kappa shape index (κ2) is 5.76. The zero-order valence-electron chi connectivity index (χ0n) is 12.0. The van der Waals surface area contributed by atoms with Crippen LogP contribution < -0.4 is 5.32 Å². The quantitative estimate of drug-likeness (QED) is 0.898. The van der Waals surface area contributed by atoms with Gasteiger partial charge in [-0.1, -0.05) is 18.9 Å². The van der Waals surface area contributed by atoms with Crippen molar-refractivity contribution in [2.24, 2.45) is 5.92 Å². The molecule has 0 aromatic heterocycles. The first-order valence-corrected chi connectivity index (χ1v) is 7.51. The van der Waals surface area contributed by atoms with Gasteiger partial charge in [0.2, 0.25) is 0 Å². The zero-order chi connectivity index (χ0) is 14.8. The van der Waals surface area contributed by atoms with Crippen LogP contribution in [0.3, 0.4) is 0 Å². The minimum absolute atomic E-state index is 0.0463. The van der Waals surface area contributed by atoms with Gasteiger partial charge in [0.05, 0.1) is 5.56 Å². The molecule has 2 amide bonds. The number of carbonyl (C=O) groups is 2. The molecule has 0 unspecified atom stereocenters. The normalized spacial score (nSPS) is 17.8. The highest BCUT2D eigenvalue weighted by Gasteiger charge is 2.25. The summed E-state index contributed by atoms with van der Waals surface area (Å²) in [7, 11) is 0. The van der Waals surface area contributed by atoms with Crippen LogP contribution in [0.5, 0.6) is 0 Å². The molecule has 0 atom stereocenters. The minimum atomic E-state index is -0.929. The molecule has 0 radical (unpaired) electrons. The van der Waals surface area contributed by atoms with Gasteiger partial charge in [0.1, 0.15) is 0 Å². The molecule has 2 aliphatic rings. The molecular weight excluding hydrogens is 268 g/mol. The van der Waals surface area contributed by atoms with Crippen molar-refractivity contribution in [3.63, 3.8) is 0 Å². The van der Waals surface area contributed by atoms with Crippen LogP contribution in [0, 0.1) is 5.92 Å². The van der Waals surface area contributed by atoms with Crippen molar-refractivity contribution in [3.05, 3.63) is 34.9 Å². The number of hydrogen-bond donors (Lipinski definition) is 2. The number of nitrogens with one attached hydrogen (secondary N) is 1. The van der Waals surface area contributed by atoms with E-state index in [1.54, 1.807) is 17.0 Å². The summed E-state index contributed by atoms with van der Waals surface area (Å²) in [5.41, 5.74) is 2.25. The summed E-state index contributed by atoms with van der Waals surface area (Å²) in [6.45, 7) is 1.81. The Morgan fingerprint density at radius 3 is 2.62 bits per heavy atom. The molecule has 0 bridgehead atoms. The van der Waals surface area contributed by atoms with Gasteiger partial charge in [-0.2, -0.15) is 0 Å². The fraction of sp³-hybridized carbons (Fsp3) is 0.500. The molecule has 1 aliphatic heterocycles. The van der Waals surface area contributed by atoms with E-state index < -0.39 is 5.97 Å². The Kier molecular flexibility index (Phi) is 3.82. The van der Waals surface area contributed by atoms with E-state index >= 15 is 0 Å². The van der Waals surface area contributed by atoms with Gasteiger partial charge >= 0.3 is 12.0 Å². The highest BCUT2D eigenvalue weighted by molar-refractivity contribution is 5.88. The number of carbonyl (C=O) groups excluding carboxylic acids is 1. The number of hydrogen-bond acceptors (Lipinski definition) is 2. The molecular formula is C16H20N2O3. The van der Waals surface area contributed by atoms with Gasteiger partial charge in [-0.05, 0) is 42.0 Å². The Balaban J connectivity index is 1.58. The first-order chi connectivity index (χ1) is 10.1. The van der Waals surface area contributed by atoms with E-state index in [0.29, 0.717) is 19.0 Å². The summed E-state index contributed by atoms with van der Waals surface area (Å²) in [6.07, 6.45) is 4.96. The molecule has 0 spiro atoms. The van der Waals surface area contributed by atoms with Crippen LogP contribution >= 0.6 is 0 Å². The first kappa shape index (κ1) is 13.9. The number of nitrogens with zero attached hydrogens (tertiary/aromatic N) is 1. The molecule has 5 nitrogen and oxygen atoms in total. The smallest absolute Gasteiger partial charge is 0.335 e. The molecule has 3 rings (SSSR count). The van der Waals surface area contributed by atoms with Crippen LogP contribution in [0.4, 0.5) is 4.79 Å². The second-order valence-corrected chi connectivity index (χ2v) is 5.98. The van der Waals surface area contributed by atoms with Gasteiger partial charge < -0.3 is 15.3 Å². The Hall–Kier alpha value is -2.04. The number of rotatable bonds is 3. The summed E-state index contributed by atoms with van der Waals surface area (Å²) in [4.78, 5) is 24.9. The van der Waals surface area contributed by atoms with Crippen LogP contribution in [-0.2, 0) is 13.1 Å². The van der Waals surface area contributed by atoms with Crippen molar-refractivity contribution >= 4 is 12.0 Å². The van der Waals surface area contributed by atoms with Crippen LogP contribution in [0.15, 0.2) is 18.2 Å². The number of carboxylic acids is 1. The molecule has 1 fully saturated rings. The fourth-order valence-electron chi connectivity index (χ4n) is 3.23. The monoisotopic (exact) mass is 288 g/mol. The molecule has 21 heavy (non-hydrogen) atoms. The van der Waals surface area contributed by atoms with E-state index in [9.17, 15) is 9.59 Å². The molecule has 1 saturated carbocycles. The average Bonchev–Trinajstić information content (AvgIpc) is 3.12. The number of urea groups is 1. The van der Waals surface area contributed by atoms with Crippen molar-refractivity contribution in [1.29, 1.82) is 0 Å². The maximum atomic E-state index is 12.2. The summed E-state index contributed by atoms with van der Waals surface area (Å²) in [6, 6.07) is 5.03. The summed E-state index contributed by atoms with van der Waals surface area (Å²) >= 11 is 0. The number of amides is 2. The van der Waals surface area contributed by atoms with Gasteiger partial charge in [-0.15, -0.1) is 0 Å². The Bertz CT molecular complexity index is 565. The highest BCUT2D eigenvalue weighted by atomic mass is 16.4. The third-order valence-corrected chi connectivity index (χ3v) is 4.48. The van der Waals surface area contributed by atoms with Crippen LogP contribution in [0.2, 0.25) is 0 Å². The Morgan fingerprint density at radius 1 is 1.19 bits per heavy atom. The van der Waals surface area contributed by atoms with Crippen LogP contribution in [0.1, 0.15) is 47.2 Å². The maximum absolute atomic E-state index is 12.2. The summed E-state index contributed by atoms with van der Waals surface area (Å²) < 4.78 is 0. The fourth-order valence-corrected chi connectivity index (χ4v) is 3.23. The lowest BCUT2D eigenvalue weighted by molar-refractivity contribution is 0.0696. The lowest BCUT2D eigenvalue weighted by Gasteiger charge is -2.18. The van der Waals surface area contributed by atoms with Crippen LogP contribution in [0.25, 0.3) is 0 Å². The molecule has 1 aromatic rings. The van der Waals surface area contributed by atoms with Crippen molar-refractivity contribution in [2.75, 3.05) is 6.54 Å². The second-order valence-electron chi connectivity index (χ2n) is 5.98. The predicted molar refractivity (Wildman–Crippen MR) is 78.0 cm³/mol. The minimum Gasteiger partial charge on any atom is -0.478 e. The van der Waals surface area contributed by atoms with Gasteiger partial charge in [-0.25, -0.2) is 9.59 Å². The van der Waals surface area contributed by atoms with Crippen LogP contribution in [-0.4, -0.2) is 28.6 Å². The SMILES string of the molecule is O=C(O)c1ccc2c(c1)CN(C(=O)NCC1CCCC1)C2. The van der Waals surface area contributed by atoms with Gasteiger partial charge in [0.25, 0.3) is 0 Å². The topological polar surface area (TPSA) is 69.6 Å². The number of benzene rings is 1. The van der Waals surface area contributed by atoms with E-state index in [2.05, 4.69) is 5.32 Å². The molecule has 1 aromatic carbocycles. The van der Waals surface area contributed by atoms with Crippen molar-refractivity contribution in [2.45, 2.75) is 38.8 Å². The molecule has 1 aliphatic carbocycles. The molecule has 5 heteroatoms. The standard InChI is InChI=1S/C16H20N2O3/c19-15(20)12-5-6-13-9-18(10-14(13)7-12)16(21)17-8-11-3-1-2-4-11/h5-7,11H,1-4,8-10H2,(H,17,21)(H,19,20). The van der Waals surface area contributed by atoms with Gasteiger partial charge in [0.15, 0.2) is 0 Å². The molecule has 0 saturated heterocycles. The Labute approximate surface area is 123 Å². The highest BCUT2D eigenvalue weighted by Crippen LogP contribution is 2.25. The van der Waals surface area contributed by atoms with E-state index in [0.717, 1.165) is 17.7 Å². The number of fused-ring (bicyclic) bond motifs is 1. The summed E-state index contributed by atoms with van der Waals surface area (Å²) in [5.74, 6) is -0.306.